The predicted octanol–water partition coefficient (Wildman–Crippen LogP) is 1.06. The number of fused-ring (bicyclic) bond motifs is 6. The summed E-state index contributed by atoms with van der Waals surface area (Å²) in [5.41, 5.74) is 2.73. The molecule has 2 aliphatic heterocycles. The fraction of sp³-hybridized carbons (Fsp3) is 0.133. The third kappa shape index (κ3) is 1.46. The molecular formula is C15H11N9. The van der Waals surface area contributed by atoms with Crippen LogP contribution in [0.15, 0.2) is 41.8 Å². The minimum atomic E-state index is 0.403. The molecule has 3 aromatic rings. The number of rotatable bonds is 1. The molecule has 0 N–H and O–H groups in total. The highest BCUT2D eigenvalue weighted by molar-refractivity contribution is 6.16. The molecule has 5 rings (SSSR count). The van der Waals surface area contributed by atoms with Gasteiger partial charge >= 0.3 is 0 Å². The van der Waals surface area contributed by atoms with E-state index in [1.807, 2.05) is 52.0 Å². The van der Waals surface area contributed by atoms with Crippen LogP contribution in [-0.2, 0) is 0 Å². The molecule has 0 saturated heterocycles. The third-order valence-corrected chi connectivity index (χ3v) is 4.25. The monoisotopic (exact) mass is 317 g/mol. The highest BCUT2D eigenvalue weighted by Crippen LogP contribution is 2.36. The lowest BCUT2D eigenvalue weighted by Gasteiger charge is -2.34. The van der Waals surface area contributed by atoms with Crippen molar-refractivity contribution in [1.29, 1.82) is 5.26 Å². The van der Waals surface area contributed by atoms with Gasteiger partial charge in [-0.1, -0.05) is 17.3 Å². The Morgan fingerprint density at radius 3 is 2.96 bits per heavy atom. The molecule has 0 radical (unpaired) electrons. The minimum absolute atomic E-state index is 0.403. The standard InChI is InChI=1S/C15H11N9/c1-10-14(19-20-22(10)7-16)23-9-18-15-11-4-2-3-5-12(11)21-8-17-6-13(21)24(15)23/h2-6,8H,9H2,1H3. The van der Waals surface area contributed by atoms with Crippen molar-refractivity contribution in [3.8, 4) is 11.9 Å². The van der Waals surface area contributed by atoms with Crippen LogP contribution in [-0.4, -0.2) is 37.0 Å². The van der Waals surface area contributed by atoms with Gasteiger partial charge < -0.3 is 0 Å². The Morgan fingerprint density at radius 2 is 2.12 bits per heavy atom. The molecule has 2 aromatic heterocycles. The molecule has 9 heteroatoms. The van der Waals surface area contributed by atoms with E-state index < -0.39 is 0 Å². The molecule has 0 aliphatic carbocycles. The predicted molar refractivity (Wildman–Crippen MR) is 85.7 cm³/mol. The molecule has 9 nitrogen and oxygen atoms in total. The maximum absolute atomic E-state index is 9.10. The zero-order valence-corrected chi connectivity index (χ0v) is 12.7. The smallest absolute Gasteiger partial charge is 0.208 e. The van der Waals surface area contributed by atoms with E-state index >= 15 is 0 Å². The summed E-state index contributed by atoms with van der Waals surface area (Å²) >= 11 is 0. The van der Waals surface area contributed by atoms with Gasteiger partial charge in [0.25, 0.3) is 0 Å². The molecule has 0 amide bonds. The summed E-state index contributed by atoms with van der Waals surface area (Å²) in [5.74, 6) is 2.31. The number of nitriles is 1. The topological polar surface area (TPSA) is 91.2 Å². The number of para-hydroxylation sites is 1. The first kappa shape index (κ1) is 12.8. The van der Waals surface area contributed by atoms with Crippen molar-refractivity contribution >= 4 is 17.5 Å². The van der Waals surface area contributed by atoms with Crippen molar-refractivity contribution < 1.29 is 0 Å². The number of hydrogen-bond acceptors (Lipinski definition) is 7. The minimum Gasteiger partial charge on any atom is -0.283 e. The maximum Gasteiger partial charge on any atom is 0.208 e. The molecule has 1 aromatic carbocycles. The summed E-state index contributed by atoms with van der Waals surface area (Å²) in [5, 5.41) is 21.0. The van der Waals surface area contributed by atoms with E-state index in [0.29, 0.717) is 18.2 Å². The lowest BCUT2D eigenvalue weighted by molar-refractivity contribution is 0.794. The fourth-order valence-electron chi connectivity index (χ4n) is 3.13. The third-order valence-electron chi connectivity index (χ3n) is 4.25. The Labute approximate surface area is 136 Å². The zero-order valence-electron chi connectivity index (χ0n) is 12.7. The van der Waals surface area contributed by atoms with Crippen LogP contribution in [0.1, 0.15) is 11.3 Å². The molecule has 0 saturated carbocycles. The molecule has 0 unspecified atom stereocenters. The Kier molecular flexibility index (Phi) is 2.36. The number of aliphatic imine (C=N–C) groups is 1. The van der Waals surface area contributed by atoms with E-state index in [2.05, 4.69) is 20.3 Å². The van der Waals surface area contributed by atoms with Gasteiger partial charge in [0.15, 0.2) is 17.5 Å². The number of anilines is 2. The fourth-order valence-corrected chi connectivity index (χ4v) is 3.13. The molecule has 24 heavy (non-hydrogen) atoms. The SMILES string of the molecule is Cc1c(N2CN=C3c4ccccc4-n4cncc4N32)nnn1C#N. The normalized spacial score (nSPS) is 14.8. The van der Waals surface area contributed by atoms with Gasteiger partial charge in [-0.25, -0.2) is 20.0 Å². The van der Waals surface area contributed by atoms with Crippen LogP contribution in [0.5, 0.6) is 0 Å². The highest BCUT2D eigenvalue weighted by atomic mass is 15.7. The number of hydrogen-bond donors (Lipinski definition) is 0. The van der Waals surface area contributed by atoms with E-state index in [0.717, 1.165) is 22.9 Å². The van der Waals surface area contributed by atoms with E-state index in [9.17, 15) is 0 Å². The maximum atomic E-state index is 9.10. The summed E-state index contributed by atoms with van der Waals surface area (Å²) in [4.78, 5) is 8.96. The molecule has 0 bridgehead atoms. The van der Waals surface area contributed by atoms with Gasteiger partial charge in [-0.15, -0.1) is 9.78 Å². The van der Waals surface area contributed by atoms with Crippen LogP contribution in [0.3, 0.4) is 0 Å². The Morgan fingerprint density at radius 1 is 1.25 bits per heavy atom. The van der Waals surface area contributed by atoms with Crippen LogP contribution in [0.4, 0.5) is 11.6 Å². The van der Waals surface area contributed by atoms with Crippen LogP contribution in [0.25, 0.3) is 5.69 Å². The number of nitrogens with zero attached hydrogens (tertiary/aromatic N) is 9. The largest absolute Gasteiger partial charge is 0.283 e. The van der Waals surface area contributed by atoms with Crippen LogP contribution in [0.2, 0.25) is 0 Å². The van der Waals surface area contributed by atoms with Crippen molar-refractivity contribution in [1.82, 2.24) is 24.5 Å². The van der Waals surface area contributed by atoms with Gasteiger partial charge in [0.1, 0.15) is 13.0 Å². The lowest BCUT2D eigenvalue weighted by Crippen LogP contribution is -2.46. The van der Waals surface area contributed by atoms with Crippen LogP contribution < -0.4 is 10.0 Å². The second kappa shape index (κ2) is 4.42. The lowest BCUT2D eigenvalue weighted by atomic mass is 10.1. The zero-order chi connectivity index (χ0) is 16.3. The second-order valence-corrected chi connectivity index (χ2v) is 5.48. The van der Waals surface area contributed by atoms with Crippen molar-refractivity contribution in [2.75, 3.05) is 16.7 Å². The number of imidazole rings is 1. The van der Waals surface area contributed by atoms with Crippen molar-refractivity contribution in [2.24, 2.45) is 4.99 Å². The molecular weight excluding hydrogens is 306 g/mol. The van der Waals surface area contributed by atoms with Gasteiger partial charge in [0.05, 0.1) is 17.6 Å². The quantitative estimate of drug-likeness (QED) is 0.666. The summed E-state index contributed by atoms with van der Waals surface area (Å²) in [7, 11) is 0. The molecule has 0 spiro atoms. The van der Waals surface area contributed by atoms with Crippen LogP contribution in [0, 0.1) is 18.4 Å². The average Bonchev–Trinajstić information content (AvgIpc) is 3.32. The molecule has 116 valence electrons. The summed E-state index contributed by atoms with van der Waals surface area (Å²) in [6.45, 7) is 2.21. The Bertz CT molecular complexity index is 1040. The van der Waals surface area contributed by atoms with Gasteiger partial charge in [-0.2, -0.15) is 5.26 Å². The van der Waals surface area contributed by atoms with E-state index in [1.165, 1.54) is 4.68 Å². The van der Waals surface area contributed by atoms with Gasteiger partial charge in [0.2, 0.25) is 6.19 Å². The summed E-state index contributed by atoms with van der Waals surface area (Å²) < 4.78 is 3.21. The molecule has 0 atom stereocenters. The number of amidine groups is 1. The number of hydrazine groups is 1. The summed E-state index contributed by atoms with van der Waals surface area (Å²) in [6, 6.07) is 8.06. The van der Waals surface area contributed by atoms with E-state index in [-0.39, 0.29) is 0 Å². The van der Waals surface area contributed by atoms with E-state index in [4.69, 9.17) is 5.26 Å². The molecule has 4 heterocycles. The first-order valence-electron chi connectivity index (χ1n) is 7.36. The first-order chi connectivity index (χ1) is 11.8. The molecule has 2 aliphatic rings. The Hall–Kier alpha value is -3.67. The number of aromatic nitrogens is 5. The van der Waals surface area contributed by atoms with Crippen molar-refractivity contribution in [2.45, 2.75) is 6.92 Å². The van der Waals surface area contributed by atoms with Gasteiger partial charge in [-0.3, -0.25) is 4.57 Å². The average molecular weight is 317 g/mol. The Balaban J connectivity index is 1.70. The highest BCUT2D eigenvalue weighted by Gasteiger charge is 2.38. The molecule has 0 fully saturated rings. The number of benzene rings is 1. The van der Waals surface area contributed by atoms with Crippen molar-refractivity contribution in [3.63, 3.8) is 0 Å². The summed E-state index contributed by atoms with van der Waals surface area (Å²) in [6.07, 6.45) is 5.55. The second-order valence-electron chi connectivity index (χ2n) is 5.48. The van der Waals surface area contributed by atoms with Gasteiger partial charge in [0, 0.05) is 5.56 Å². The first-order valence-corrected chi connectivity index (χ1v) is 7.36. The van der Waals surface area contributed by atoms with Crippen molar-refractivity contribution in [3.05, 3.63) is 48.0 Å². The van der Waals surface area contributed by atoms with E-state index in [1.54, 1.807) is 12.5 Å². The van der Waals surface area contributed by atoms with Crippen LogP contribution >= 0.6 is 0 Å². The van der Waals surface area contributed by atoms with Gasteiger partial charge in [-0.05, 0) is 19.1 Å².